The van der Waals surface area contributed by atoms with Gasteiger partial charge in [-0.25, -0.2) is 9.78 Å². The van der Waals surface area contributed by atoms with Crippen LogP contribution in [0.15, 0.2) is 41.9 Å². The monoisotopic (exact) mass is 371 g/mol. The topological polar surface area (TPSA) is 54.0 Å². The van der Waals surface area contributed by atoms with E-state index in [0.29, 0.717) is 5.69 Å². The van der Waals surface area contributed by atoms with Crippen LogP contribution in [0.5, 0.6) is 0 Å². The van der Waals surface area contributed by atoms with E-state index in [9.17, 15) is 18.0 Å². The fourth-order valence-electron chi connectivity index (χ4n) is 2.05. The van der Waals surface area contributed by atoms with Crippen LogP contribution in [0.3, 0.4) is 0 Å². The molecule has 24 heavy (non-hydrogen) atoms. The van der Waals surface area contributed by atoms with Gasteiger partial charge < -0.3 is 10.6 Å². The SMILES string of the molecule is O=C(Nc1ccc(Cl)c(C(F)(F)F)c1)Nc1ccc2ncsc2c1. The third-order valence-electron chi connectivity index (χ3n) is 3.12. The zero-order valence-electron chi connectivity index (χ0n) is 11.8. The second-order valence-corrected chi connectivity index (χ2v) is 6.10. The lowest BCUT2D eigenvalue weighted by Crippen LogP contribution is -2.19. The number of benzene rings is 2. The molecule has 0 spiro atoms. The molecule has 0 radical (unpaired) electrons. The summed E-state index contributed by atoms with van der Waals surface area (Å²) >= 11 is 6.96. The summed E-state index contributed by atoms with van der Waals surface area (Å²) in [6.07, 6.45) is -4.59. The highest BCUT2D eigenvalue weighted by Crippen LogP contribution is 2.36. The van der Waals surface area contributed by atoms with E-state index < -0.39 is 22.8 Å². The number of hydrogen-bond acceptors (Lipinski definition) is 3. The summed E-state index contributed by atoms with van der Waals surface area (Å²) in [6.45, 7) is 0. The molecule has 0 saturated carbocycles. The number of anilines is 2. The Balaban J connectivity index is 1.75. The standard InChI is InChI=1S/C15H9ClF3N3OS/c16-11-3-1-8(5-10(11)15(17,18)19)21-14(23)22-9-2-4-12-13(6-9)24-7-20-12/h1-7H,(H2,21,22,23). The van der Waals surface area contributed by atoms with Crippen LogP contribution in [0.1, 0.15) is 5.56 Å². The maximum atomic E-state index is 12.8. The highest BCUT2D eigenvalue weighted by atomic mass is 35.5. The molecule has 1 aromatic heterocycles. The Labute approximate surface area is 143 Å². The summed E-state index contributed by atoms with van der Waals surface area (Å²) in [5.74, 6) is 0. The van der Waals surface area contributed by atoms with Crippen LogP contribution < -0.4 is 10.6 Å². The van der Waals surface area contributed by atoms with Crippen LogP contribution in [-0.2, 0) is 6.18 Å². The minimum Gasteiger partial charge on any atom is -0.308 e. The average Bonchev–Trinajstić information content (AvgIpc) is 2.95. The van der Waals surface area contributed by atoms with Crippen LogP contribution in [0.4, 0.5) is 29.3 Å². The summed E-state index contributed by atoms with van der Waals surface area (Å²) in [6, 6.07) is 7.64. The predicted molar refractivity (Wildman–Crippen MR) is 88.7 cm³/mol. The van der Waals surface area contributed by atoms with Gasteiger partial charge in [-0.15, -0.1) is 11.3 Å². The molecular formula is C15H9ClF3N3OS. The normalized spacial score (nSPS) is 11.5. The summed E-state index contributed by atoms with van der Waals surface area (Å²) in [4.78, 5) is 16.1. The molecule has 2 N–H and O–H groups in total. The third-order valence-corrected chi connectivity index (χ3v) is 4.24. The molecule has 0 atom stereocenters. The van der Waals surface area contributed by atoms with Crippen molar-refractivity contribution in [3.8, 4) is 0 Å². The maximum absolute atomic E-state index is 12.8. The van der Waals surface area contributed by atoms with Gasteiger partial charge in [0.15, 0.2) is 0 Å². The first-order chi connectivity index (χ1) is 11.3. The molecule has 3 rings (SSSR count). The smallest absolute Gasteiger partial charge is 0.308 e. The number of alkyl halides is 3. The fraction of sp³-hybridized carbons (Fsp3) is 0.0667. The van der Waals surface area contributed by atoms with Crippen LogP contribution >= 0.6 is 22.9 Å². The number of rotatable bonds is 2. The van der Waals surface area contributed by atoms with Gasteiger partial charge >= 0.3 is 12.2 Å². The Kier molecular flexibility index (Phi) is 4.33. The average molecular weight is 372 g/mol. The number of hydrogen-bond donors (Lipinski definition) is 2. The van der Waals surface area contributed by atoms with Gasteiger partial charge in [-0.3, -0.25) is 0 Å². The number of nitrogens with zero attached hydrogens (tertiary/aromatic N) is 1. The van der Waals surface area contributed by atoms with Gasteiger partial charge in [-0.05, 0) is 36.4 Å². The molecule has 124 valence electrons. The van der Waals surface area contributed by atoms with Crippen molar-refractivity contribution < 1.29 is 18.0 Å². The van der Waals surface area contributed by atoms with Crippen molar-refractivity contribution in [1.29, 1.82) is 0 Å². The molecule has 0 fully saturated rings. The van der Waals surface area contributed by atoms with Gasteiger partial charge in [0.05, 0.1) is 26.3 Å². The van der Waals surface area contributed by atoms with Crippen LogP contribution in [0.25, 0.3) is 10.2 Å². The van der Waals surface area contributed by atoms with Crippen LogP contribution in [0, 0.1) is 0 Å². The highest BCUT2D eigenvalue weighted by molar-refractivity contribution is 7.16. The number of amides is 2. The number of carbonyl (C=O) groups excluding carboxylic acids is 1. The number of aromatic nitrogens is 1. The lowest BCUT2D eigenvalue weighted by molar-refractivity contribution is -0.137. The third kappa shape index (κ3) is 3.60. The Morgan fingerprint density at radius 3 is 2.46 bits per heavy atom. The van der Waals surface area contributed by atoms with Gasteiger partial charge in [0.25, 0.3) is 0 Å². The Bertz CT molecular complexity index is 910. The molecule has 3 aromatic rings. The molecule has 0 unspecified atom stereocenters. The van der Waals surface area contributed by atoms with E-state index in [0.717, 1.165) is 22.3 Å². The van der Waals surface area contributed by atoms with Crippen molar-refractivity contribution in [2.45, 2.75) is 6.18 Å². The molecule has 0 aliphatic heterocycles. The summed E-state index contributed by atoms with van der Waals surface area (Å²) in [5, 5.41) is 4.48. The lowest BCUT2D eigenvalue weighted by atomic mass is 10.2. The van der Waals surface area contributed by atoms with Crippen LogP contribution in [-0.4, -0.2) is 11.0 Å². The van der Waals surface area contributed by atoms with Gasteiger partial charge in [-0.2, -0.15) is 13.2 Å². The van der Waals surface area contributed by atoms with E-state index in [4.69, 9.17) is 11.6 Å². The van der Waals surface area contributed by atoms with Crippen molar-refractivity contribution in [1.82, 2.24) is 4.98 Å². The zero-order chi connectivity index (χ0) is 17.3. The molecule has 4 nitrogen and oxygen atoms in total. The fourth-order valence-corrected chi connectivity index (χ4v) is 2.99. The first kappa shape index (κ1) is 16.5. The van der Waals surface area contributed by atoms with Crippen molar-refractivity contribution in [3.05, 3.63) is 52.5 Å². The number of fused-ring (bicyclic) bond motifs is 1. The van der Waals surface area contributed by atoms with Crippen molar-refractivity contribution in [3.63, 3.8) is 0 Å². The minimum absolute atomic E-state index is 0.0110. The van der Waals surface area contributed by atoms with Gasteiger partial charge in [-0.1, -0.05) is 11.6 Å². The van der Waals surface area contributed by atoms with Gasteiger partial charge in [0.1, 0.15) is 0 Å². The largest absolute Gasteiger partial charge is 0.417 e. The molecule has 0 aliphatic carbocycles. The van der Waals surface area contributed by atoms with E-state index in [1.807, 2.05) is 0 Å². The minimum atomic E-state index is -4.59. The molecule has 9 heteroatoms. The Morgan fingerprint density at radius 1 is 1.08 bits per heavy atom. The van der Waals surface area contributed by atoms with Crippen molar-refractivity contribution in [2.24, 2.45) is 0 Å². The van der Waals surface area contributed by atoms with E-state index in [1.165, 1.54) is 17.4 Å². The molecular weight excluding hydrogens is 363 g/mol. The first-order valence-corrected chi connectivity index (χ1v) is 7.87. The Morgan fingerprint density at radius 2 is 1.75 bits per heavy atom. The Hall–Kier alpha value is -2.32. The summed E-state index contributed by atoms with van der Waals surface area (Å²) in [5.41, 5.74) is 1.98. The van der Waals surface area contributed by atoms with Crippen molar-refractivity contribution in [2.75, 3.05) is 10.6 Å². The molecule has 0 bridgehead atoms. The van der Waals surface area contributed by atoms with Gasteiger partial charge in [0.2, 0.25) is 0 Å². The van der Waals surface area contributed by atoms with E-state index in [1.54, 1.807) is 23.7 Å². The van der Waals surface area contributed by atoms with E-state index in [-0.39, 0.29) is 5.69 Å². The number of halogens is 4. The summed E-state index contributed by atoms with van der Waals surface area (Å²) in [7, 11) is 0. The second-order valence-electron chi connectivity index (χ2n) is 4.81. The molecule has 0 aliphatic rings. The first-order valence-electron chi connectivity index (χ1n) is 6.61. The predicted octanol–water partition coefficient (Wildman–Crippen LogP) is 5.61. The molecule has 1 heterocycles. The highest BCUT2D eigenvalue weighted by Gasteiger charge is 2.33. The quantitative estimate of drug-likeness (QED) is 0.615. The number of nitrogens with one attached hydrogen (secondary N) is 2. The molecule has 0 saturated heterocycles. The van der Waals surface area contributed by atoms with Crippen molar-refractivity contribution >= 4 is 50.6 Å². The number of carbonyl (C=O) groups is 1. The van der Waals surface area contributed by atoms with E-state index >= 15 is 0 Å². The van der Waals surface area contributed by atoms with Crippen LogP contribution in [0.2, 0.25) is 5.02 Å². The molecule has 2 aromatic carbocycles. The number of thiazole rings is 1. The second kappa shape index (κ2) is 6.29. The molecule has 2 amide bonds. The summed E-state index contributed by atoms with van der Waals surface area (Å²) < 4.78 is 39.3. The lowest BCUT2D eigenvalue weighted by Gasteiger charge is -2.12. The maximum Gasteiger partial charge on any atom is 0.417 e. The van der Waals surface area contributed by atoms with Gasteiger partial charge in [0, 0.05) is 11.4 Å². The van der Waals surface area contributed by atoms with E-state index in [2.05, 4.69) is 15.6 Å². The number of urea groups is 1. The zero-order valence-corrected chi connectivity index (χ0v) is 13.4.